The quantitative estimate of drug-likeness (QED) is 0.394. The second-order valence-corrected chi connectivity index (χ2v) is 11.3. The molecule has 3 aromatic heterocycles. The predicted molar refractivity (Wildman–Crippen MR) is 147 cm³/mol. The van der Waals surface area contributed by atoms with Crippen LogP contribution in [0.4, 0.5) is 18.9 Å². The fourth-order valence-electron chi connectivity index (χ4n) is 5.77. The number of nitrogens with one attached hydrogen (secondary N) is 1. The van der Waals surface area contributed by atoms with Gasteiger partial charge in [-0.05, 0) is 55.6 Å². The van der Waals surface area contributed by atoms with Crippen molar-refractivity contribution in [2.75, 3.05) is 24.5 Å². The van der Waals surface area contributed by atoms with E-state index >= 15 is 0 Å². The molecule has 2 aliphatic heterocycles. The number of halogens is 3. The summed E-state index contributed by atoms with van der Waals surface area (Å²) in [6.45, 7) is 1.12. The molecule has 1 saturated heterocycles. The van der Waals surface area contributed by atoms with Crippen molar-refractivity contribution in [2.45, 2.75) is 44.6 Å². The van der Waals surface area contributed by atoms with Gasteiger partial charge >= 0.3 is 11.9 Å². The summed E-state index contributed by atoms with van der Waals surface area (Å²) in [5, 5.41) is 13.2. The van der Waals surface area contributed by atoms with Crippen molar-refractivity contribution in [3.8, 4) is 17.2 Å². The Morgan fingerprint density at radius 3 is 2.77 bits per heavy atom. The fourth-order valence-corrected chi connectivity index (χ4v) is 6.90. The minimum atomic E-state index is -4.60. The SMILES string of the molecule is N#Cc1cc2c(c(-c3ccnc4cc(Cn5c(=O)ccn(CC(F)(F)F)c5=O)sc34)c1)N([C@H]1CCNC1)CCC2. The van der Waals surface area contributed by atoms with Gasteiger partial charge in [0, 0.05) is 59.3 Å². The lowest BCUT2D eigenvalue weighted by Gasteiger charge is -2.38. The minimum absolute atomic E-state index is 0.174. The summed E-state index contributed by atoms with van der Waals surface area (Å²) in [5.41, 5.74) is 3.61. The summed E-state index contributed by atoms with van der Waals surface area (Å²) >= 11 is 1.34. The molecule has 0 bridgehead atoms. The molecule has 1 atom stereocenters. The summed E-state index contributed by atoms with van der Waals surface area (Å²) in [6.07, 6.45) is 0.878. The second kappa shape index (κ2) is 10.2. The first-order valence-corrected chi connectivity index (χ1v) is 13.8. The molecule has 0 unspecified atom stereocenters. The predicted octanol–water partition coefficient (Wildman–Crippen LogP) is 3.88. The molecule has 0 amide bonds. The van der Waals surface area contributed by atoms with Crippen LogP contribution in [0.3, 0.4) is 0 Å². The number of thiophene rings is 1. The van der Waals surface area contributed by atoms with Crippen LogP contribution in [0.2, 0.25) is 0 Å². The Balaban J connectivity index is 1.45. The Morgan fingerprint density at radius 1 is 1.18 bits per heavy atom. The number of anilines is 1. The van der Waals surface area contributed by atoms with Gasteiger partial charge in [0.1, 0.15) is 6.54 Å². The van der Waals surface area contributed by atoms with Gasteiger partial charge in [0.05, 0.1) is 28.4 Å². The third kappa shape index (κ3) is 4.91. The van der Waals surface area contributed by atoms with Crippen LogP contribution in [0.1, 0.15) is 28.8 Å². The molecule has 4 aromatic rings. The van der Waals surface area contributed by atoms with Gasteiger partial charge in [-0.25, -0.2) is 4.79 Å². The Morgan fingerprint density at radius 2 is 2.02 bits per heavy atom. The van der Waals surface area contributed by atoms with E-state index in [9.17, 15) is 28.0 Å². The van der Waals surface area contributed by atoms with Gasteiger partial charge in [-0.2, -0.15) is 18.4 Å². The number of nitrogens with zero attached hydrogens (tertiary/aromatic N) is 5. The average molecular weight is 567 g/mol. The van der Waals surface area contributed by atoms with E-state index in [2.05, 4.69) is 21.3 Å². The van der Waals surface area contributed by atoms with Crippen molar-refractivity contribution < 1.29 is 13.2 Å². The molecule has 206 valence electrons. The fraction of sp³-hybridized carbons (Fsp3) is 0.357. The first-order valence-electron chi connectivity index (χ1n) is 13.0. The lowest BCUT2D eigenvalue weighted by atomic mass is 9.90. The van der Waals surface area contributed by atoms with Crippen LogP contribution in [0.25, 0.3) is 21.3 Å². The molecule has 2 aliphatic rings. The van der Waals surface area contributed by atoms with E-state index in [4.69, 9.17) is 0 Å². The van der Waals surface area contributed by atoms with Gasteiger partial charge < -0.3 is 10.2 Å². The van der Waals surface area contributed by atoms with E-state index in [1.165, 1.54) is 11.3 Å². The van der Waals surface area contributed by atoms with E-state index in [1.807, 2.05) is 18.2 Å². The Hall–Kier alpha value is -3.95. The van der Waals surface area contributed by atoms with Crippen molar-refractivity contribution in [3.63, 3.8) is 0 Å². The smallest absolute Gasteiger partial charge is 0.366 e. The summed E-state index contributed by atoms with van der Waals surface area (Å²) in [4.78, 5) is 32.8. The number of alkyl halides is 3. The molecule has 1 aromatic carbocycles. The largest absolute Gasteiger partial charge is 0.406 e. The zero-order valence-corrected chi connectivity index (χ0v) is 22.2. The molecule has 0 aliphatic carbocycles. The molecule has 0 saturated carbocycles. The Kier molecular flexibility index (Phi) is 6.72. The maximum Gasteiger partial charge on any atom is 0.406 e. The van der Waals surface area contributed by atoms with Crippen molar-refractivity contribution in [3.05, 3.63) is 79.6 Å². The van der Waals surface area contributed by atoms with Crippen molar-refractivity contribution in [1.82, 2.24) is 19.4 Å². The minimum Gasteiger partial charge on any atom is -0.366 e. The maximum absolute atomic E-state index is 12.9. The summed E-state index contributed by atoms with van der Waals surface area (Å²) in [6, 6.07) is 11.2. The van der Waals surface area contributed by atoms with E-state index in [1.54, 1.807) is 12.3 Å². The van der Waals surface area contributed by atoms with E-state index in [0.717, 1.165) is 82.8 Å². The zero-order chi connectivity index (χ0) is 28.0. The van der Waals surface area contributed by atoms with E-state index in [0.29, 0.717) is 26.6 Å². The summed E-state index contributed by atoms with van der Waals surface area (Å²) < 4.78 is 41.0. The normalized spacial score (nSPS) is 17.2. The molecule has 0 radical (unpaired) electrons. The molecular formula is C28H25F3N6O2S. The highest BCUT2D eigenvalue weighted by atomic mass is 32.1. The van der Waals surface area contributed by atoms with Crippen LogP contribution >= 0.6 is 11.3 Å². The number of fused-ring (bicyclic) bond motifs is 2. The molecule has 5 heterocycles. The first kappa shape index (κ1) is 26.3. The van der Waals surface area contributed by atoms with Crippen LogP contribution in [-0.2, 0) is 19.5 Å². The van der Waals surface area contributed by atoms with Crippen LogP contribution in [-0.4, -0.2) is 46.0 Å². The topological polar surface area (TPSA) is 96.0 Å². The summed E-state index contributed by atoms with van der Waals surface area (Å²) in [7, 11) is 0. The van der Waals surface area contributed by atoms with Crippen molar-refractivity contribution >= 4 is 27.2 Å². The van der Waals surface area contributed by atoms with Gasteiger partial charge in [0.25, 0.3) is 5.56 Å². The van der Waals surface area contributed by atoms with Gasteiger partial charge in [0.2, 0.25) is 0 Å². The van der Waals surface area contributed by atoms with E-state index in [-0.39, 0.29) is 6.54 Å². The zero-order valence-electron chi connectivity index (χ0n) is 21.4. The number of hydrogen-bond donors (Lipinski definition) is 1. The van der Waals surface area contributed by atoms with Gasteiger partial charge in [0.15, 0.2) is 0 Å². The molecule has 12 heteroatoms. The first-order chi connectivity index (χ1) is 19.2. The van der Waals surface area contributed by atoms with Crippen LogP contribution < -0.4 is 21.5 Å². The van der Waals surface area contributed by atoms with E-state index < -0.39 is 24.0 Å². The molecule has 1 N–H and O–H groups in total. The van der Waals surface area contributed by atoms with Crippen LogP contribution in [0.15, 0.2) is 52.3 Å². The second-order valence-electron chi connectivity index (χ2n) is 10.1. The van der Waals surface area contributed by atoms with Gasteiger partial charge in [-0.1, -0.05) is 0 Å². The molecule has 0 spiro atoms. The third-order valence-corrected chi connectivity index (χ3v) is 8.62. The van der Waals surface area contributed by atoms with Crippen LogP contribution in [0.5, 0.6) is 0 Å². The highest BCUT2D eigenvalue weighted by Crippen LogP contribution is 2.43. The highest BCUT2D eigenvalue weighted by Gasteiger charge is 2.31. The monoisotopic (exact) mass is 566 g/mol. The number of nitriles is 1. The lowest BCUT2D eigenvalue weighted by molar-refractivity contribution is -0.141. The Labute approximate surface area is 230 Å². The molecule has 1 fully saturated rings. The number of hydrogen-bond acceptors (Lipinski definition) is 7. The van der Waals surface area contributed by atoms with Crippen LogP contribution in [0, 0.1) is 11.3 Å². The number of rotatable bonds is 5. The molecule has 40 heavy (non-hydrogen) atoms. The number of pyridine rings is 1. The molecular weight excluding hydrogens is 541 g/mol. The van der Waals surface area contributed by atoms with Gasteiger partial charge in [-0.15, -0.1) is 11.3 Å². The molecule has 8 nitrogen and oxygen atoms in total. The van der Waals surface area contributed by atoms with Crippen molar-refractivity contribution in [2.24, 2.45) is 0 Å². The highest BCUT2D eigenvalue weighted by molar-refractivity contribution is 7.19. The van der Waals surface area contributed by atoms with Crippen molar-refractivity contribution in [1.29, 1.82) is 5.26 Å². The number of aryl methyl sites for hydroxylation is 1. The number of aromatic nitrogens is 3. The third-order valence-electron chi connectivity index (χ3n) is 7.48. The maximum atomic E-state index is 12.9. The number of benzene rings is 1. The Bertz CT molecular complexity index is 1760. The lowest BCUT2D eigenvalue weighted by Crippen LogP contribution is -2.41. The summed E-state index contributed by atoms with van der Waals surface area (Å²) in [5.74, 6) is 0. The molecule has 6 rings (SSSR count). The standard InChI is InChI=1S/C28H25F3N6O2S/c29-28(30,31)16-35-9-5-24(38)37(27(35)39)15-20-12-23-26(40-20)21(4-7-34-23)22-11-17(13-32)10-18-2-1-8-36(25(18)22)19-3-6-33-14-19/h4-5,7,9-12,19,33H,1-3,6,8,14-16H2/t19-/m0/s1. The average Bonchev–Trinajstić information content (AvgIpc) is 3.61. The van der Waals surface area contributed by atoms with Gasteiger partial charge in [-0.3, -0.25) is 18.9 Å².